The van der Waals surface area contributed by atoms with Gasteiger partial charge in [-0.05, 0) is 24.1 Å². The van der Waals surface area contributed by atoms with Crippen LogP contribution in [-0.4, -0.2) is 19.6 Å². The van der Waals surface area contributed by atoms with E-state index in [9.17, 15) is 4.79 Å². The number of aryl methyl sites for hydroxylation is 1. The van der Waals surface area contributed by atoms with Gasteiger partial charge in [-0.3, -0.25) is 0 Å². The molecule has 0 atom stereocenters. The largest absolute Gasteiger partial charge is 0.459 e. The van der Waals surface area contributed by atoms with E-state index in [0.717, 1.165) is 12.1 Å². The highest BCUT2D eigenvalue weighted by Crippen LogP contribution is 2.08. The number of rotatable bonds is 3. The SMILES string of the molecule is CCc1ccc(NCC#CC(=O)OC)cc1. The third-order valence-electron chi connectivity index (χ3n) is 2.12. The molecule has 16 heavy (non-hydrogen) atoms. The van der Waals surface area contributed by atoms with Crippen molar-refractivity contribution in [2.24, 2.45) is 0 Å². The van der Waals surface area contributed by atoms with E-state index in [-0.39, 0.29) is 0 Å². The second-order valence-electron chi connectivity index (χ2n) is 3.20. The average molecular weight is 217 g/mol. The van der Waals surface area contributed by atoms with Gasteiger partial charge in [0.2, 0.25) is 0 Å². The highest BCUT2D eigenvalue weighted by molar-refractivity contribution is 5.88. The van der Waals surface area contributed by atoms with E-state index in [2.05, 4.69) is 41.0 Å². The molecule has 0 heterocycles. The molecular formula is C13H15NO2. The number of carbonyl (C=O) groups excluding carboxylic acids is 1. The van der Waals surface area contributed by atoms with Crippen molar-refractivity contribution in [1.29, 1.82) is 0 Å². The molecule has 1 rings (SSSR count). The molecule has 1 aromatic carbocycles. The summed E-state index contributed by atoms with van der Waals surface area (Å²) in [5, 5.41) is 3.09. The van der Waals surface area contributed by atoms with Crippen LogP contribution in [0.15, 0.2) is 24.3 Å². The summed E-state index contributed by atoms with van der Waals surface area (Å²) < 4.78 is 4.39. The molecule has 0 saturated heterocycles. The first-order valence-corrected chi connectivity index (χ1v) is 5.16. The van der Waals surface area contributed by atoms with Crippen LogP contribution in [0.2, 0.25) is 0 Å². The number of benzene rings is 1. The molecule has 0 aliphatic rings. The first kappa shape index (κ1) is 12.1. The third kappa shape index (κ3) is 4.05. The lowest BCUT2D eigenvalue weighted by atomic mass is 10.1. The van der Waals surface area contributed by atoms with E-state index in [1.54, 1.807) is 0 Å². The van der Waals surface area contributed by atoms with Gasteiger partial charge in [0.1, 0.15) is 0 Å². The Labute approximate surface area is 95.8 Å². The van der Waals surface area contributed by atoms with Crippen molar-refractivity contribution in [2.75, 3.05) is 19.0 Å². The van der Waals surface area contributed by atoms with E-state index < -0.39 is 5.97 Å². The summed E-state index contributed by atoms with van der Waals surface area (Å²) in [7, 11) is 1.31. The summed E-state index contributed by atoms with van der Waals surface area (Å²) in [6, 6.07) is 8.13. The Balaban J connectivity index is 2.42. The van der Waals surface area contributed by atoms with E-state index in [4.69, 9.17) is 0 Å². The first-order valence-electron chi connectivity index (χ1n) is 5.16. The van der Waals surface area contributed by atoms with Crippen molar-refractivity contribution >= 4 is 11.7 Å². The highest BCUT2D eigenvalue weighted by atomic mass is 16.5. The Morgan fingerprint density at radius 1 is 1.38 bits per heavy atom. The summed E-state index contributed by atoms with van der Waals surface area (Å²) in [6.07, 6.45) is 1.03. The molecule has 0 unspecified atom stereocenters. The molecule has 0 aliphatic heterocycles. The molecule has 1 N–H and O–H groups in total. The van der Waals surface area contributed by atoms with Crippen LogP contribution in [0.1, 0.15) is 12.5 Å². The Kier molecular flexibility index (Phi) is 4.94. The Hall–Kier alpha value is -1.95. The van der Waals surface area contributed by atoms with Crippen LogP contribution in [0.5, 0.6) is 0 Å². The van der Waals surface area contributed by atoms with Crippen LogP contribution in [0.25, 0.3) is 0 Å². The van der Waals surface area contributed by atoms with Crippen LogP contribution in [0, 0.1) is 11.8 Å². The fourth-order valence-electron chi connectivity index (χ4n) is 1.17. The summed E-state index contributed by atoms with van der Waals surface area (Å²) in [4.78, 5) is 10.7. The zero-order valence-corrected chi connectivity index (χ0v) is 9.54. The molecule has 3 heteroatoms. The summed E-state index contributed by atoms with van der Waals surface area (Å²) >= 11 is 0. The van der Waals surface area contributed by atoms with Crippen molar-refractivity contribution in [3.8, 4) is 11.8 Å². The van der Waals surface area contributed by atoms with Crippen molar-refractivity contribution in [1.82, 2.24) is 0 Å². The van der Waals surface area contributed by atoms with Gasteiger partial charge in [-0.15, -0.1) is 0 Å². The van der Waals surface area contributed by atoms with Gasteiger partial charge in [-0.1, -0.05) is 25.0 Å². The van der Waals surface area contributed by atoms with Crippen LogP contribution in [0.3, 0.4) is 0 Å². The lowest BCUT2D eigenvalue weighted by Crippen LogP contribution is -2.01. The lowest BCUT2D eigenvalue weighted by molar-refractivity contribution is -0.133. The molecule has 0 radical (unpaired) electrons. The summed E-state index contributed by atoms with van der Waals surface area (Å²) in [6.45, 7) is 2.55. The Bertz CT molecular complexity index is 398. The molecule has 0 aliphatic carbocycles. The monoisotopic (exact) mass is 217 g/mol. The minimum Gasteiger partial charge on any atom is -0.459 e. The molecule has 0 bridgehead atoms. The molecule has 0 amide bonds. The molecular weight excluding hydrogens is 202 g/mol. The second kappa shape index (κ2) is 6.52. The molecule has 3 nitrogen and oxygen atoms in total. The van der Waals surface area contributed by atoms with Gasteiger partial charge in [-0.2, -0.15) is 0 Å². The van der Waals surface area contributed by atoms with Gasteiger partial charge in [-0.25, -0.2) is 4.79 Å². The van der Waals surface area contributed by atoms with Crippen molar-refractivity contribution in [3.05, 3.63) is 29.8 Å². The quantitative estimate of drug-likeness (QED) is 0.477. The number of nitrogens with one attached hydrogen (secondary N) is 1. The van der Waals surface area contributed by atoms with Gasteiger partial charge < -0.3 is 10.1 Å². The standard InChI is InChI=1S/C13H15NO2/c1-3-11-6-8-12(9-7-11)14-10-4-5-13(15)16-2/h6-9,14H,3,10H2,1-2H3. The van der Waals surface area contributed by atoms with E-state index in [1.165, 1.54) is 12.7 Å². The topological polar surface area (TPSA) is 38.3 Å². The van der Waals surface area contributed by atoms with E-state index >= 15 is 0 Å². The van der Waals surface area contributed by atoms with Crippen molar-refractivity contribution in [2.45, 2.75) is 13.3 Å². The van der Waals surface area contributed by atoms with Crippen LogP contribution < -0.4 is 5.32 Å². The van der Waals surface area contributed by atoms with Gasteiger partial charge in [0.05, 0.1) is 13.7 Å². The Morgan fingerprint density at radius 3 is 2.62 bits per heavy atom. The molecule has 0 fully saturated rings. The number of hydrogen-bond donors (Lipinski definition) is 1. The predicted molar refractivity (Wildman–Crippen MR) is 64.1 cm³/mol. The van der Waals surface area contributed by atoms with Crippen LogP contribution in [-0.2, 0) is 16.0 Å². The van der Waals surface area contributed by atoms with Crippen molar-refractivity contribution < 1.29 is 9.53 Å². The number of esters is 1. The number of anilines is 1. The summed E-state index contributed by atoms with van der Waals surface area (Å²) in [5.74, 6) is 4.52. The molecule has 0 saturated carbocycles. The second-order valence-corrected chi connectivity index (χ2v) is 3.20. The zero-order chi connectivity index (χ0) is 11.8. The number of hydrogen-bond acceptors (Lipinski definition) is 3. The minimum atomic E-state index is -0.511. The zero-order valence-electron chi connectivity index (χ0n) is 9.54. The summed E-state index contributed by atoms with van der Waals surface area (Å²) in [5.41, 5.74) is 2.29. The smallest absolute Gasteiger partial charge is 0.384 e. The van der Waals surface area contributed by atoms with E-state index in [1.807, 2.05) is 12.1 Å². The highest BCUT2D eigenvalue weighted by Gasteiger charge is 1.91. The minimum absolute atomic E-state index is 0.431. The normalized spacial score (nSPS) is 8.88. The lowest BCUT2D eigenvalue weighted by Gasteiger charge is -2.02. The van der Waals surface area contributed by atoms with Gasteiger partial charge in [0.15, 0.2) is 0 Å². The maximum absolute atomic E-state index is 10.7. The number of methoxy groups -OCH3 is 1. The Morgan fingerprint density at radius 2 is 2.06 bits per heavy atom. The molecule has 84 valence electrons. The molecule has 0 aromatic heterocycles. The van der Waals surface area contributed by atoms with Crippen LogP contribution >= 0.6 is 0 Å². The van der Waals surface area contributed by atoms with Gasteiger partial charge >= 0.3 is 5.97 Å². The fraction of sp³-hybridized carbons (Fsp3) is 0.308. The molecule has 1 aromatic rings. The molecule has 0 spiro atoms. The number of ether oxygens (including phenoxy) is 1. The van der Waals surface area contributed by atoms with Gasteiger partial charge in [0.25, 0.3) is 0 Å². The fourth-order valence-corrected chi connectivity index (χ4v) is 1.17. The average Bonchev–Trinajstić information content (AvgIpc) is 2.35. The maximum atomic E-state index is 10.7. The third-order valence-corrected chi connectivity index (χ3v) is 2.12. The first-order chi connectivity index (χ1) is 7.76. The van der Waals surface area contributed by atoms with Gasteiger partial charge in [0, 0.05) is 11.6 Å². The maximum Gasteiger partial charge on any atom is 0.384 e. The van der Waals surface area contributed by atoms with E-state index in [0.29, 0.717) is 6.54 Å². The predicted octanol–water partition coefficient (Wildman–Crippen LogP) is 1.84. The van der Waals surface area contributed by atoms with Crippen LogP contribution in [0.4, 0.5) is 5.69 Å². The number of carbonyl (C=O) groups is 1. The van der Waals surface area contributed by atoms with Crippen molar-refractivity contribution in [3.63, 3.8) is 0 Å².